The molecule has 0 saturated carbocycles. The first-order valence-electron chi connectivity index (χ1n) is 4.83. The third-order valence-electron chi connectivity index (χ3n) is 2.16. The van der Waals surface area contributed by atoms with Gasteiger partial charge in [0, 0.05) is 16.8 Å². The van der Waals surface area contributed by atoms with Crippen molar-refractivity contribution in [3.05, 3.63) is 53.1 Å². The summed E-state index contributed by atoms with van der Waals surface area (Å²) < 4.78 is 25.9. The van der Waals surface area contributed by atoms with Crippen molar-refractivity contribution in [3.63, 3.8) is 0 Å². The molecule has 5 heteroatoms. The standard InChI is InChI=1S/C12H9ClF2N2/c13-7-1-2-11(16)12(3-7)17-10-5-8(14)4-9(15)6-10/h1-6,17H,16H2. The molecular weight excluding hydrogens is 246 g/mol. The largest absolute Gasteiger partial charge is 0.397 e. The summed E-state index contributed by atoms with van der Waals surface area (Å²) in [5.74, 6) is -1.32. The van der Waals surface area contributed by atoms with Gasteiger partial charge in [0.05, 0.1) is 11.4 Å². The molecule has 0 unspecified atom stereocenters. The van der Waals surface area contributed by atoms with Gasteiger partial charge in [0.25, 0.3) is 0 Å². The van der Waals surface area contributed by atoms with Crippen LogP contribution >= 0.6 is 11.6 Å². The Balaban J connectivity index is 2.34. The summed E-state index contributed by atoms with van der Waals surface area (Å²) >= 11 is 5.80. The summed E-state index contributed by atoms with van der Waals surface area (Å²) in [5, 5.41) is 3.29. The van der Waals surface area contributed by atoms with Crippen molar-refractivity contribution < 1.29 is 8.78 Å². The van der Waals surface area contributed by atoms with E-state index in [4.69, 9.17) is 17.3 Å². The molecule has 0 spiro atoms. The van der Waals surface area contributed by atoms with E-state index in [1.807, 2.05) is 0 Å². The summed E-state index contributed by atoms with van der Waals surface area (Å²) in [6.07, 6.45) is 0. The minimum Gasteiger partial charge on any atom is -0.397 e. The minimum absolute atomic E-state index is 0.275. The quantitative estimate of drug-likeness (QED) is 0.797. The first-order chi connectivity index (χ1) is 8.04. The number of hydrogen-bond donors (Lipinski definition) is 2. The number of anilines is 3. The molecule has 3 N–H and O–H groups in total. The zero-order chi connectivity index (χ0) is 12.4. The topological polar surface area (TPSA) is 38.0 Å². The number of nitrogen functional groups attached to an aromatic ring is 1. The Morgan fingerprint density at radius 1 is 1.00 bits per heavy atom. The van der Waals surface area contributed by atoms with Gasteiger partial charge in [-0.3, -0.25) is 0 Å². The van der Waals surface area contributed by atoms with E-state index in [0.717, 1.165) is 6.07 Å². The molecule has 17 heavy (non-hydrogen) atoms. The van der Waals surface area contributed by atoms with E-state index in [-0.39, 0.29) is 5.69 Å². The number of nitrogens with one attached hydrogen (secondary N) is 1. The predicted octanol–water partition coefficient (Wildman–Crippen LogP) is 3.94. The lowest BCUT2D eigenvalue weighted by molar-refractivity contribution is 0.584. The normalized spacial score (nSPS) is 10.3. The molecule has 0 fully saturated rings. The lowest BCUT2D eigenvalue weighted by atomic mass is 10.2. The number of rotatable bonds is 2. The van der Waals surface area contributed by atoms with E-state index in [1.165, 1.54) is 12.1 Å². The first-order valence-corrected chi connectivity index (χ1v) is 5.20. The molecule has 0 radical (unpaired) electrons. The molecule has 0 aliphatic carbocycles. The lowest BCUT2D eigenvalue weighted by Crippen LogP contribution is -1.97. The Bertz CT molecular complexity index is 538. The van der Waals surface area contributed by atoms with Gasteiger partial charge >= 0.3 is 0 Å². The van der Waals surface area contributed by atoms with E-state index in [1.54, 1.807) is 18.2 Å². The van der Waals surface area contributed by atoms with E-state index < -0.39 is 11.6 Å². The molecule has 0 aliphatic heterocycles. The summed E-state index contributed by atoms with van der Waals surface area (Å²) in [6, 6.07) is 7.97. The fraction of sp³-hybridized carbons (Fsp3) is 0. The Kier molecular flexibility index (Phi) is 3.15. The van der Waals surface area contributed by atoms with Crippen LogP contribution in [-0.4, -0.2) is 0 Å². The lowest BCUT2D eigenvalue weighted by Gasteiger charge is -2.09. The van der Waals surface area contributed by atoms with Crippen LogP contribution in [-0.2, 0) is 0 Å². The Morgan fingerprint density at radius 2 is 1.65 bits per heavy atom. The predicted molar refractivity (Wildman–Crippen MR) is 65.5 cm³/mol. The van der Waals surface area contributed by atoms with Crippen LogP contribution in [0.3, 0.4) is 0 Å². The summed E-state index contributed by atoms with van der Waals surface area (Å²) in [5.41, 5.74) is 6.93. The van der Waals surface area contributed by atoms with Crippen LogP contribution in [0.15, 0.2) is 36.4 Å². The van der Waals surface area contributed by atoms with Crippen LogP contribution in [0.2, 0.25) is 5.02 Å². The molecule has 0 aromatic heterocycles. The second kappa shape index (κ2) is 4.59. The smallest absolute Gasteiger partial charge is 0.128 e. The van der Waals surface area contributed by atoms with Crippen molar-refractivity contribution in [2.45, 2.75) is 0 Å². The van der Waals surface area contributed by atoms with Crippen molar-refractivity contribution in [2.75, 3.05) is 11.1 Å². The molecule has 88 valence electrons. The summed E-state index contributed by atoms with van der Waals surface area (Å²) in [6.45, 7) is 0. The molecule has 2 aromatic carbocycles. The van der Waals surface area contributed by atoms with Gasteiger partial charge in [-0.05, 0) is 30.3 Å². The zero-order valence-corrected chi connectivity index (χ0v) is 9.43. The maximum absolute atomic E-state index is 13.0. The highest BCUT2D eigenvalue weighted by Crippen LogP contribution is 2.27. The number of hydrogen-bond acceptors (Lipinski definition) is 2. The molecule has 0 atom stereocenters. The minimum atomic E-state index is -0.659. The first kappa shape index (κ1) is 11.7. The average Bonchev–Trinajstić information content (AvgIpc) is 2.22. The molecule has 0 bridgehead atoms. The zero-order valence-electron chi connectivity index (χ0n) is 8.68. The number of nitrogens with two attached hydrogens (primary N) is 1. The van der Waals surface area contributed by atoms with Gasteiger partial charge in [-0.15, -0.1) is 0 Å². The van der Waals surface area contributed by atoms with Crippen LogP contribution in [0, 0.1) is 11.6 Å². The third kappa shape index (κ3) is 2.85. The van der Waals surface area contributed by atoms with Crippen LogP contribution in [0.25, 0.3) is 0 Å². The Hall–Kier alpha value is -1.81. The number of benzene rings is 2. The highest BCUT2D eigenvalue weighted by Gasteiger charge is 2.04. The van der Waals surface area contributed by atoms with Crippen molar-refractivity contribution in [3.8, 4) is 0 Å². The van der Waals surface area contributed by atoms with Crippen LogP contribution < -0.4 is 11.1 Å². The SMILES string of the molecule is Nc1ccc(Cl)cc1Nc1cc(F)cc(F)c1. The van der Waals surface area contributed by atoms with Gasteiger partial charge in [-0.25, -0.2) is 8.78 Å². The molecular formula is C12H9ClF2N2. The molecule has 2 aromatic rings. The highest BCUT2D eigenvalue weighted by molar-refractivity contribution is 6.31. The fourth-order valence-electron chi connectivity index (χ4n) is 1.42. The summed E-state index contributed by atoms with van der Waals surface area (Å²) in [7, 11) is 0. The van der Waals surface area contributed by atoms with Gasteiger partial charge < -0.3 is 11.1 Å². The van der Waals surface area contributed by atoms with E-state index >= 15 is 0 Å². The van der Waals surface area contributed by atoms with Crippen molar-refractivity contribution >= 4 is 28.7 Å². The molecule has 0 heterocycles. The molecule has 0 saturated heterocycles. The van der Waals surface area contributed by atoms with Crippen LogP contribution in [0.1, 0.15) is 0 Å². The van der Waals surface area contributed by atoms with Gasteiger partial charge in [-0.1, -0.05) is 11.6 Å². The van der Waals surface area contributed by atoms with Gasteiger partial charge in [-0.2, -0.15) is 0 Å². The average molecular weight is 255 g/mol. The maximum Gasteiger partial charge on any atom is 0.128 e. The van der Waals surface area contributed by atoms with E-state index in [0.29, 0.717) is 16.4 Å². The van der Waals surface area contributed by atoms with Crippen molar-refractivity contribution in [2.24, 2.45) is 0 Å². The fourth-order valence-corrected chi connectivity index (χ4v) is 1.59. The second-order valence-electron chi connectivity index (χ2n) is 3.51. The van der Waals surface area contributed by atoms with Crippen LogP contribution in [0.4, 0.5) is 25.8 Å². The van der Waals surface area contributed by atoms with E-state index in [2.05, 4.69) is 5.32 Å². The maximum atomic E-state index is 13.0. The van der Waals surface area contributed by atoms with E-state index in [9.17, 15) is 8.78 Å². The highest BCUT2D eigenvalue weighted by atomic mass is 35.5. The van der Waals surface area contributed by atoms with Crippen molar-refractivity contribution in [1.82, 2.24) is 0 Å². The van der Waals surface area contributed by atoms with Gasteiger partial charge in [0.1, 0.15) is 11.6 Å². The third-order valence-corrected chi connectivity index (χ3v) is 2.39. The van der Waals surface area contributed by atoms with Gasteiger partial charge in [0.15, 0.2) is 0 Å². The molecule has 2 nitrogen and oxygen atoms in total. The number of halogens is 3. The monoisotopic (exact) mass is 254 g/mol. The second-order valence-corrected chi connectivity index (χ2v) is 3.95. The summed E-state index contributed by atoms with van der Waals surface area (Å²) in [4.78, 5) is 0. The Morgan fingerprint density at radius 3 is 2.29 bits per heavy atom. The molecule has 0 aliphatic rings. The van der Waals surface area contributed by atoms with Crippen molar-refractivity contribution in [1.29, 1.82) is 0 Å². The van der Waals surface area contributed by atoms with Crippen LogP contribution in [0.5, 0.6) is 0 Å². The Labute approximate surface area is 102 Å². The molecule has 0 amide bonds. The molecule has 2 rings (SSSR count). The van der Waals surface area contributed by atoms with Gasteiger partial charge in [0.2, 0.25) is 0 Å².